The van der Waals surface area contributed by atoms with Gasteiger partial charge < -0.3 is 0 Å². The van der Waals surface area contributed by atoms with Gasteiger partial charge in [-0.05, 0) is 68.6 Å². The van der Waals surface area contributed by atoms with Gasteiger partial charge in [0.15, 0.2) is 0 Å². The second kappa shape index (κ2) is 11.3. The van der Waals surface area contributed by atoms with Crippen molar-refractivity contribution in [3.63, 3.8) is 0 Å². The molecule has 0 radical (unpaired) electrons. The molecule has 2 fully saturated rings. The number of hydrogen-bond acceptors (Lipinski definition) is 0. The van der Waals surface area contributed by atoms with Crippen LogP contribution in [-0.4, -0.2) is 6.67 Å². The van der Waals surface area contributed by atoms with Crippen molar-refractivity contribution in [3.05, 3.63) is 12.2 Å². The average molecular weight is 323 g/mol. The summed E-state index contributed by atoms with van der Waals surface area (Å²) in [5, 5.41) is 0. The molecule has 0 bridgehead atoms. The van der Waals surface area contributed by atoms with Crippen LogP contribution in [0, 0.1) is 23.7 Å². The van der Waals surface area contributed by atoms with Crippen LogP contribution in [0.2, 0.25) is 0 Å². The number of hydrogen-bond donors (Lipinski definition) is 0. The topological polar surface area (TPSA) is 0 Å². The summed E-state index contributed by atoms with van der Waals surface area (Å²) >= 11 is 0. The normalized spacial score (nSPS) is 32.4. The smallest absolute Gasteiger partial charge is 0.0928 e. The van der Waals surface area contributed by atoms with Crippen LogP contribution >= 0.6 is 0 Å². The van der Waals surface area contributed by atoms with Crippen LogP contribution in [0.15, 0.2) is 12.2 Å². The Kier molecular flexibility index (Phi) is 9.31. The molecule has 2 saturated carbocycles. The molecule has 0 atom stereocenters. The minimum absolute atomic E-state index is 0.206. The fourth-order valence-electron chi connectivity index (χ4n) is 5.02. The Bertz CT molecular complexity index is 306. The van der Waals surface area contributed by atoms with Gasteiger partial charge in [-0.2, -0.15) is 0 Å². The third kappa shape index (κ3) is 6.98. The van der Waals surface area contributed by atoms with E-state index in [1.165, 1.54) is 77.0 Å². The number of halogens is 1. The van der Waals surface area contributed by atoms with Crippen molar-refractivity contribution in [1.29, 1.82) is 0 Å². The second-order valence-corrected chi connectivity index (χ2v) is 8.23. The molecular weight excluding hydrogens is 283 g/mol. The van der Waals surface area contributed by atoms with E-state index in [-0.39, 0.29) is 6.67 Å². The lowest BCUT2D eigenvalue weighted by Gasteiger charge is -2.38. The van der Waals surface area contributed by atoms with Crippen LogP contribution in [0.25, 0.3) is 0 Å². The summed E-state index contributed by atoms with van der Waals surface area (Å²) in [6.07, 6.45) is 23.6. The predicted octanol–water partition coefficient (Wildman–Crippen LogP) is 7.49. The van der Waals surface area contributed by atoms with E-state index in [9.17, 15) is 4.39 Å². The van der Waals surface area contributed by atoms with Gasteiger partial charge in [-0.3, -0.25) is 4.39 Å². The van der Waals surface area contributed by atoms with Gasteiger partial charge in [0.1, 0.15) is 0 Å². The Balaban J connectivity index is 1.58. The molecule has 0 N–H and O–H groups in total. The van der Waals surface area contributed by atoms with Gasteiger partial charge in [0.05, 0.1) is 6.67 Å². The standard InChI is InChI=1S/C22H39F/c1-2-3-8-19-10-14-21(15-11-19)22-16-12-20(13-17-22)9-6-4-5-7-18-23/h4-5,19-22H,2-3,6-18H2,1H3. The van der Waals surface area contributed by atoms with Crippen LogP contribution in [-0.2, 0) is 0 Å². The van der Waals surface area contributed by atoms with Crippen molar-refractivity contribution in [2.45, 2.75) is 96.8 Å². The molecular formula is C22H39F. The molecule has 2 rings (SSSR count). The van der Waals surface area contributed by atoms with Gasteiger partial charge in [-0.15, -0.1) is 0 Å². The summed E-state index contributed by atoms with van der Waals surface area (Å²) in [7, 11) is 0. The fraction of sp³-hybridized carbons (Fsp3) is 0.909. The van der Waals surface area contributed by atoms with E-state index in [0.29, 0.717) is 6.42 Å². The second-order valence-electron chi connectivity index (χ2n) is 8.23. The highest BCUT2D eigenvalue weighted by Crippen LogP contribution is 2.43. The van der Waals surface area contributed by atoms with E-state index in [0.717, 1.165) is 30.1 Å². The molecule has 0 saturated heterocycles. The van der Waals surface area contributed by atoms with Gasteiger partial charge in [0.25, 0.3) is 0 Å². The van der Waals surface area contributed by atoms with Gasteiger partial charge in [0, 0.05) is 0 Å². The molecule has 0 unspecified atom stereocenters. The Hall–Kier alpha value is -0.330. The van der Waals surface area contributed by atoms with Crippen LogP contribution in [0.5, 0.6) is 0 Å². The third-order valence-electron chi connectivity index (χ3n) is 6.60. The van der Waals surface area contributed by atoms with Crippen LogP contribution in [0.1, 0.15) is 96.8 Å². The van der Waals surface area contributed by atoms with Crippen LogP contribution in [0.3, 0.4) is 0 Å². The van der Waals surface area contributed by atoms with E-state index in [2.05, 4.69) is 13.0 Å². The van der Waals surface area contributed by atoms with E-state index >= 15 is 0 Å². The van der Waals surface area contributed by atoms with Crippen molar-refractivity contribution in [1.82, 2.24) is 0 Å². The summed E-state index contributed by atoms with van der Waals surface area (Å²) in [6.45, 7) is 2.11. The van der Waals surface area contributed by atoms with Gasteiger partial charge in [-0.1, -0.05) is 64.0 Å². The lowest BCUT2D eigenvalue weighted by atomic mass is 9.68. The lowest BCUT2D eigenvalue weighted by molar-refractivity contribution is 0.141. The molecule has 0 amide bonds. The summed E-state index contributed by atoms with van der Waals surface area (Å²) in [4.78, 5) is 0. The van der Waals surface area contributed by atoms with Crippen molar-refractivity contribution >= 4 is 0 Å². The molecule has 0 heterocycles. The molecule has 2 aliphatic rings. The number of allylic oxidation sites excluding steroid dienone is 2. The molecule has 0 aromatic heterocycles. The number of rotatable bonds is 9. The lowest BCUT2D eigenvalue weighted by Crippen LogP contribution is -2.25. The quantitative estimate of drug-likeness (QED) is 0.386. The summed E-state index contributed by atoms with van der Waals surface area (Å²) in [5.41, 5.74) is 0. The summed E-state index contributed by atoms with van der Waals surface area (Å²) in [6, 6.07) is 0. The first-order valence-electron chi connectivity index (χ1n) is 10.5. The monoisotopic (exact) mass is 322 g/mol. The molecule has 0 spiro atoms. The van der Waals surface area contributed by atoms with Crippen molar-refractivity contribution in [2.24, 2.45) is 23.7 Å². The van der Waals surface area contributed by atoms with E-state index in [1.54, 1.807) is 0 Å². The average Bonchev–Trinajstić information content (AvgIpc) is 2.61. The molecule has 2 aliphatic carbocycles. The molecule has 23 heavy (non-hydrogen) atoms. The Morgan fingerprint density at radius 2 is 1.26 bits per heavy atom. The fourth-order valence-corrected chi connectivity index (χ4v) is 5.02. The predicted molar refractivity (Wildman–Crippen MR) is 99.4 cm³/mol. The molecule has 0 nitrogen and oxygen atoms in total. The van der Waals surface area contributed by atoms with Gasteiger partial charge in [0.2, 0.25) is 0 Å². The van der Waals surface area contributed by atoms with Crippen molar-refractivity contribution in [2.75, 3.05) is 6.67 Å². The highest BCUT2D eigenvalue weighted by molar-refractivity contribution is 4.85. The summed E-state index contributed by atoms with van der Waals surface area (Å²) < 4.78 is 12.0. The molecule has 1 heteroatoms. The molecule has 0 aromatic carbocycles. The largest absolute Gasteiger partial charge is 0.251 e. The maximum Gasteiger partial charge on any atom is 0.0928 e. The van der Waals surface area contributed by atoms with Crippen LogP contribution in [0.4, 0.5) is 4.39 Å². The van der Waals surface area contributed by atoms with Gasteiger partial charge in [-0.25, -0.2) is 0 Å². The Morgan fingerprint density at radius 3 is 1.78 bits per heavy atom. The zero-order chi connectivity index (χ0) is 16.3. The SMILES string of the molecule is CCCCC1CCC(C2CCC(CCC=CCCF)CC2)CC1. The maximum absolute atomic E-state index is 12.0. The van der Waals surface area contributed by atoms with Crippen molar-refractivity contribution < 1.29 is 4.39 Å². The van der Waals surface area contributed by atoms with E-state index in [4.69, 9.17) is 0 Å². The van der Waals surface area contributed by atoms with Crippen molar-refractivity contribution in [3.8, 4) is 0 Å². The molecule has 0 aliphatic heterocycles. The first-order chi connectivity index (χ1) is 11.3. The zero-order valence-electron chi connectivity index (χ0n) is 15.4. The highest BCUT2D eigenvalue weighted by Gasteiger charge is 2.30. The number of unbranched alkanes of at least 4 members (excludes halogenated alkanes) is 1. The minimum Gasteiger partial charge on any atom is -0.251 e. The Morgan fingerprint density at radius 1 is 0.739 bits per heavy atom. The molecule has 0 aromatic rings. The molecule has 134 valence electrons. The Labute approximate surface area is 144 Å². The zero-order valence-corrected chi connectivity index (χ0v) is 15.4. The maximum atomic E-state index is 12.0. The number of alkyl halides is 1. The third-order valence-corrected chi connectivity index (χ3v) is 6.60. The minimum atomic E-state index is -0.206. The van der Waals surface area contributed by atoms with Gasteiger partial charge >= 0.3 is 0 Å². The van der Waals surface area contributed by atoms with Crippen LogP contribution < -0.4 is 0 Å². The van der Waals surface area contributed by atoms with E-state index in [1.807, 2.05) is 6.08 Å². The first-order valence-corrected chi connectivity index (χ1v) is 10.5. The first kappa shape index (κ1) is 19.0. The highest BCUT2D eigenvalue weighted by atomic mass is 19.1. The van der Waals surface area contributed by atoms with E-state index < -0.39 is 0 Å². The summed E-state index contributed by atoms with van der Waals surface area (Å²) in [5.74, 6) is 4.10.